The van der Waals surface area contributed by atoms with E-state index in [0.717, 1.165) is 42.6 Å². The SMILES string of the molecule is C[C@H](C(=O)O)[C@H](c1ccc2c(c1)OC1(CC2)CCN(c2cccc3c2c(C(F)(F)F)nn3C)CC1)C1CC1. The molecule has 3 heterocycles. The lowest BCUT2D eigenvalue weighted by Gasteiger charge is -2.45. The molecule has 0 amide bonds. The van der Waals surface area contributed by atoms with Crippen molar-refractivity contribution in [3.8, 4) is 5.75 Å². The maximum absolute atomic E-state index is 13.8. The highest BCUT2D eigenvalue weighted by molar-refractivity contribution is 5.95. The molecule has 1 spiro atoms. The Balaban J connectivity index is 1.24. The van der Waals surface area contributed by atoms with Crippen molar-refractivity contribution in [3.63, 3.8) is 0 Å². The number of ether oxygens (including phenoxy) is 1. The summed E-state index contributed by atoms with van der Waals surface area (Å²) in [5.74, 6) is -0.0281. The van der Waals surface area contributed by atoms with Gasteiger partial charge in [-0.15, -0.1) is 0 Å². The summed E-state index contributed by atoms with van der Waals surface area (Å²) in [7, 11) is 1.54. The van der Waals surface area contributed by atoms with Crippen molar-refractivity contribution < 1.29 is 27.8 Å². The maximum Gasteiger partial charge on any atom is 0.435 e. The fraction of sp³-hybridized carbons (Fsp3) is 0.517. The summed E-state index contributed by atoms with van der Waals surface area (Å²) >= 11 is 0. The number of aromatic nitrogens is 2. The van der Waals surface area contributed by atoms with Gasteiger partial charge in [-0.2, -0.15) is 18.3 Å². The number of carboxylic acid groups (broad SMARTS) is 1. The van der Waals surface area contributed by atoms with Crippen LogP contribution >= 0.6 is 0 Å². The molecule has 1 aromatic heterocycles. The van der Waals surface area contributed by atoms with Gasteiger partial charge in [-0.05, 0) is 66.8 Å². The molecule has 3 aliphatic rings. The zero-order chi connectivity index (χ0) is 26.8. The Morgan fingerprint density at radius 2 is 1.89 bits per heavy atom. The number of aryl methyl sites for hydroxylation is 2. The zero-order valence-corrected chi connectivity index (χ0v) is 21.6. The van der Waals surface area contributed by atoms with Crippen molar-refractivity contribution in [2.24, 2.45) is 18.9 Å². The number of carbonyl (C=O) groups is 1. The number of alkyl halides is 3. The summed E-state index contributed by atoms with van der Waals surface area (Å²) in [5.41, 5.74) is 1.97. The van der Waals surface area contributed by atoms with Crippen LogP contribution in [0.5, 0.6) is 5.75 Å². The molecule has 3 aromatic rings. The quantitative estimate of drug-likeness (QED) is 0.430. The molecule has 2 atom stereocenters. The van der Waals surface area contributed by atoms with E-state index in [2.05, 4.69) is 23.3 Å². The van der Waals surface area contributed by atoms with E-state index in [4.69, 9.17) is 4.74 Å². The molecule has 2 aromatic carbocycles. The molecule has 9 heteroatoms. The molecular formula is C29H32F3N3O3. The summed E-state index contributed by atoms with van der Waals surface area (Å²) in [4.78, 5) is 13.8. The molecule has 1 saturated carbocycles. The molecule has 6 nitrogen and oxygen atoms in total. The monoisotopic (exact) mass is 527 g/mol. The first-order chi connectivity index (χ1) is 18.1. The standard InChI is InChI=1S/C29H32F3N3O3/c1-17(27(36)37)24(19-7-8-19)20-9-6-18-10-11-28(38-23(18)16-20)12-14-35(15-13-28)22-5-3-4-21-25(22)26(29(30,31)32)33-34(21)2/h3-6,9,16-17,19,24H,7-8,10-15H2,1-2H3,(H,36,37)/t17-,24-/m0/s1. The second kappa shape index (κ2) is 8.92. The zero-order valence-electron chi connectivity index (χ0n) is 21.6. The number of hydrogen-bond acceptors (Lipinski definition) is 4. The van der Waals surface area contributed by atoms with Crippen molar-refractivity contribution in [2.45, 2.75) is 63.1 Å². The Morgan fingerprint density at radius 1 is 1.16 bits per heavy atom. The fourth-order valence-corrected chi connectivity index (χ4v) is 6.57. The maximum atomic E-state index is 13.8. The van der Waals surface area contributed by atoms with Gasteiger partial charge in [0.1, 0.15) is 11.4 Å². The van der Waals surface area contributed by atoms with Crippen LogP contribution in [0.15, 0.2) is 36.4 Å². The van der Waals surface area contributed by atoms with Gasteiger partial charge in [-0.3, -0.25) is 9.48 Å². The van der Waals surface area contributed by atoms with Crippen LogP contribution in [0.4, 0.5) is 18.9 Å². The van der Waals surface area contributed by atoms with Crippen LogP contribution in [0.25, 0.3) is 10.9 Å². The number of benzene rings is 2. The van der Waals surface area contributed by atoms with E-state index >= 15 is 0 Å². The molecule has 6 rings (SSSR count). The normalized spacial score (nSPS) is 20.7. The third kappa shape index (κ3) is 4.29. The predicted molar refractivity (Wildman–Crippen MR) is 138 cm³/mol. The van der Waals surface area contributed by atoms with E-state index < -0.39 is 23.8 Å². The molecular weight excluding hydrogens is 495 g/mol. The number of aliphatic carboxylic acids is 1. The predicted octanol–water partition coefficient (Wildman–Crippen LogP) is 6.17. The summed E-state index contributed by atoms with van der Waals surface area (Å²) in [6, 6.07) is 11.4. The molecule has 1 aliphatic carbocycles. The average molecular weight is 528 g/mol. The van der Waals surface area contributed by atoms with E-state index in [1.807, 2.05) is 4.90 Å². The van der Waals surface area contributed by atoms with E-state index in [1.165, 1.54) is 4.68 Å². The first kappa shape index (κ1) is 25.1. The molecule has 0 unspecified atom stereocenters. The Hall–Kier alpha value is -3.23. The van der Waals surface area contributed by atoms with Crippen LogP contribution in [0.3, 0.4) is 0 Å². The lowest BCUT2D eigenvalue weighted by molar-refractivity contribution is -0.142. The summed E-state index contributed by atoms with van der Waals surface area (Å²) < 4.78 is 49.4. The molecule has 38 heavy (non-hydrogen) atoms. The van der Waals surface area contributed by atoms with Crippen LogP contribution in [0.1, 0.15) is 61.8 Å². The van der Waals surface area contributed by atoms with Gasteiger partial charge >= 0.3 is 12.1 Å². The average Bonchev–Trinajstić information content (AvgIpc) is 3.65. The highest BCUT2D eigenvalue weighted by Crippen LogP contribution is 2.49. The van der Waals surface area contributed by atoms with Crippen molar-refractivity contribution >= 4 is 22.6 Å². The Labute approximate surface area is 219 Å². The number of fused-ring (bicyclic) bond motifs is 2. The molecule has 2 aliphatic heterocycles. The van der Waals surface area contributed by atoms with Crippen LogP contribution in [0, 0.1) is 11.8 Å². The number of hydrogen-bond donors (Lipinski definition) is 1. The van der Waals surface area contributed by atoms with E-state index in [9.17, 15) is 23.1 Å². The molecule has 202 valence electrons. The van der Waals surface area contributed by atoms with Gasteiger partial charge < -0.3 is 14.7 Å². The third-order valence-electron chi connectivity index (χ3n) is 8.85. The Morgan fingerprint density at radius 3 is 2.55 bits per heavy atom. The molecule has 1 saturated heterocycles. The van der Waals surface area contributed by atoms with Crippen molar-refractivity contribution in [2.75, 3.05) is 18.0 Å². The van der Waals surface area contributed by atoms with Gasteiger partial charge in [-0.25, -0.2) is 0 Å². The summed E-state index contributed by atoms with van der Waals surface area (Å²) in [6.45, 7) is 2.96. The number of carboxylic acids is 1. The van der Waals surface area contributed by atoms with E-state index in [-0.39, 0.29) is 16.9 Å². The molecule has 1 N–H and O–H groups in total. The van der Waals surface area contributed by atoms with Gasteiger partial charge in [0.25, 0.3) is 0 Å². The van der Waals surface area contributed by atoms with E-state index in [0.29, 0.717) is 43.1 Å². The first-order valence-corrected chi connectivity index (χ1v) is 13.4. The van der Waals surface area contributed by atoms with Crippen LogP contribution < -0.4 is 9.64 Å². The number of piperidine rings is 1. The molecule has 0 bridgehead atoms. The summed E-state index contributed by atoms with van der Waals surface area (Å²) in [6.07, 6.45) is 0.708. The number of rotatable bonds is 5. The van der Waals surface area contributed by atoms with E-state index in [1.54, 1.807) is 32.2 Å². The number of halogens is 3. The van der Waals surface area contributed by atoms with Gasteiger partial charge in [0.15, 0.2) is 5.69 Å². The highest BCUT2D eigenvalue weighted by atomic mass is 19.4. The second-order valence-electron chi connectivity index (χ2n) is 11.3. The largest absolute Gasteiger partial charge is 0.487 e. The second-order valence-corrected chi connectivity index (χ2v) is 11.3. The number of nitrogens with zero attached hydrogens (tertiary/aromatic N) is 3. The van der Waals surface area contributed by atoms with Gasteiger partial charge in [0.2, 0.25) is 0 Å². The molecule has 2 fully saturated rings. The smallest absolute Gasteiger partial charge is 0.435 e. The summed E-state index contributed by atoms with van der Waals surface area (Å²) in [5, 5.41) is 13.6. The minimum absolute atomic E-state index is 0.0241. The Kier molecular flexibility index (Phi) is 5.88. The highest BCUT2D eigenvalue weighted by Gasteiger charge is 2.43. The lowest BCUT2D eigenvalue weighted by Crippen LogP contribution is -2.50. The van der Waals surface area contributed by atoms with Crippen LogP contribution in [-0.2, 0) is 24.4 Å². The third-order valence-corrected chi connectivity index (χ3v) is 8.85. The van der Waals surface area contributed by atoms with Crippen molar-refractivity contribution in [1.29, 1.82) is 0 Å². The van der Waals surface area contributed by atoms with Crippen molar-refractivity contribution in [1.82, 2.24) is 9.78 Å². The molecule has 0 radical (unpaired) electrons. The number of anilines is 1. The minimum Gasteiger partial charge on any atom is -0.487 e. The Bertz CT molecular complexity index is 1390. The van der Waals surface area contributed by atoms with Crippen LogP contribution in [0.2, 0.25) is 0 Å². The minimum atomic E-state index is -4.53. The topological polar surface area (TPSA) is 67.6 Å². The van der Waals surface area contributed by atoms with Gasteiger partial charge in [-0.1, -0.05) is 25.1 Å². The lowest BCUT2D eigenvalue weighted by atomic mass is 9.80. The first-order valence-electron chi connectivity index (χ1n) is 13.4. The van der Waals surface area contributed by atoms with Crippen LogP contribution in [-0.4, -0.2) is 39.5 Å². The van der Waals surface area contributed by atoms with Gasteiger partial charge in [0, 0.05) is 38.7 Å². The van der Waals surface area contributed by atoms with Gasteiger partial charge in [0.05, 0.1) is 16.8 Å². The van der Waals surface area contributed by atoms with Crippen molar-refractivity contribution in [3.05, 3.63) is 53.2 Å². The fourth-order valence-electron chi connectivity index (χ4n) is 6.57.